The van der Waals surface area contributed by atoms with Gasteiger partial charge in [-0.2, -0.15) is 9.78 Å². The third-order valence-corrected chi connectivity index (χ3v) is 3.16. The summed E-state index contributed by atoms with van der Waals surface area (Å²) in [5.41, 5.74) is 9.18. The Balaban J connectivity index is 1.97. The maximum Gasteiger partial charge on any atom is 0.221 e. The van der Waals surface area contributed by atoms with E-state index in [1.165, 1.54) is 5.56 Å². The van der Waals surface area contributed by atoms with E-state index in [-0.39, 0.29) is 0 Å². The first-order valence-electron chi connectivity index (χ1n) is 6.45. The fourth-order valence-electron chi connectivity index (χ4n) is 2.09. The maximum atomic E-state index is 6.02. The van der Waals surface area contributed by atoms with Gasteiger partial charge in [0, 0.05) is 24.7 Å². The number of aromatic nitrogens is 2. The Hall–Kier alpha value is -2.30. The Morgan fingerprint density at radius 3 is 2.74 bits per heavy atom. The fourth-order valence-corrected chi connectivity index (χ4v) is 2.09. The van der Waals surface area contributed by atoms with Crippen molar-refractivity contribution in [1.29, 1.82) is 0 Å². The van der Waals surface area contributed by atoms with Gasteiger partial charge in [0.25, 0.3) is 0 Å². The van der Waals surface area contributed by atoms with Crippen molar-refractivity contribution in [2.45, 2.75) is 13.3 Å². The molecule has 0 atom stereocenters. The summed E-state index contributed by atoms with van der Waals surface area (Å²) in [5.74, 6) is 1.34. The van der Waals surface area contributed by atoms with Crippen LogP contribution >= 0.6 is 0 Å². The fraction of sp³-hybridized carbons (Fsp3) is 0.286. The monoisotopic (exact) mass is 255 g/mol. The molecule has 3 N–H and O–H groups in total. The molecule has 1 aromatic carbocycles. The molecule has 0 aliphatic carbocycles. The molecular formula is C14H17N5. The van der Waals surface area contributed by atoms with Gasteiger partial charge in [0.05, 0.1) is 5.69 Å². The molecule has 1 aliphatic heterocycles. The van der Waals surface area contributed by atoms with Crippen LogP contribution in [0.5, 0.6) is 0 Å². The summed E-state index contributed by atoms with van der Waals surface area (Å²) in [6, 6.07) is 10.1. The predicted molar refractivity (Wildman–Crippen MR) is 77.1 cm³/mol. The summed E-state index contributed by atoms with van der Waals surface area (Å²) < 4.78 is 1.67. The van der Waals surface area contributed by atoms with Crippen molar-refractivity contribution in [2.24, 2.45) is 4.99 Å². The Morgan fingerprint density at radius 1 is 1.26 bits per heavy atom. The van der Waals surface area contributed by atoms with Gasteiger partial charge in [-0.25, -0.2) is 0 Å². The molecule has 5 nitrogen and oxygen atoms in total. The zero-order chi connectivity index (χ0) is 13.2. The number of hydrogen-bond donors (Lipinski definition) is 2. The first-order valence-corrected chi connectivity index (χ1v) is 6.45. The summed E-state index contributed by atoms with van der Waals surface area (Å²) in [5, 5.41) is 7.75. The third-order valence-electron chi connectivity index (χ3n) is 3.16. The lowest BCUT2D eigenvalue weighted by atomic mass is 10.1. The second-order valence-corrected chi connectivity index (χ2v) is 4.72. The number of nitrogens with one attached hydrogen (secondary N) is 1. The van der Waals surface area contributed by atoms with Crippen molar-refractivity contribution in [3.8, 4) is 11.3 Å². The van der Waals surface area contributed by atoms with Gasteiger partial charge >= 0.3 is 0 Å². The van der Waals surface area contributed by atoms with Crippen molar-refractivity contribution in [3.63, 3.8) is 0 Å². The molecule has 0 saturated heterocycles. The summed E-state index contributed by atoms with van der Waals surface area (Å²) in [6.07, 6.45) is 1.05. The van der Waals surface area contributed by atoms with Crippen molar-refractivity contribution in [1.82, 2.24) is 15.1 Å². The molecule has 5 heteroatoms. The first-order chi connectivity index (χ1) is 9.24. The molecule has 0 saturated carbocycles. The van der Waals surface area contributed by atoms with E-state index in [1.54, 1.807) is 4.68 Å². The van der Waals surface area contributed by atoms with E-state index >= 15 is 0 Å². The Kier molecular flexibility index (Phi) is 2.95. The smallest absolute Gasteiger partial charge is 0.221 e. The van der Waals surface area contributed by atoms with Gasteiger partial charge in [0.2, 0.25) is 5.96 Å². The van der Waals surface area contributed by atoms with E-state index in [4.69, 9.17) is 5.73 Å². The minimum Gasteiger partial charge on any atom is -0.383 e. The second kappa shape index (κ2) is 4.76. The Bertz CT molecular complexity index is 609. The molecule has 0 amide bonds. The average molecular weight is 255 g/mol. The van der Waals surface area contributed by atoms with E-state index in [2.05, 4.69) is 46.6 Å². The zero-order valence-electron chi connectivity index (χ0n) is 10.9. The normalized spacial score (nSPS) is 14.9. The van der Waals surface area contributed by atoms with Gasteiger partial charge in [-0.15, -0.1) is 0 Å². The van der Waals surface area contributed by atoms with Gasteiger partial charge in [0.15, 0.2) is 0 Å². The summed E-state index contributed by atoms with van der Waals surface area (Å²) in [4.78, 5) is 4.41. The number of nitrogens with zero attached hydrogens (tertiary/aromatic N) is 3. The van der Waals surface area contributed by atoms with Crippen molar-refractivity contribution in [3.05, 3.63) is 35.9 Å². The third kappa shape index (κ3) is 2.31. The number of benzene rings is 1. The number of hydrogen-bond acceptors (Lipinski definition) is 4. The molecule has 0 fully saturated rings. The lowest BCUT2D eigenvalue weighted by Gasteiger charge is -2.14. The molecule has 0 spiro atoms. The lowest BCUT2D eigenvalue weighted by molar-refractivity contribution is 0.703. The number of nitrogens with two attached hydrogens (primary N) is 1. The molecule has 19 heavy (non-hydrogen) atoms. The number of nitrogen functional groups attached to an aromatic ring is 1. The van der Waals surface area contributed by atoms with Gasteiger partial charge in [-0.05, 0) is 13.3 Å². The Morgan fingerprint density at radius 2 is 2.05 bits per heavy atom. The maximum absolute atomic E-state index is 6.02. The van der Waals surface area contributed by atoms with Crippen LogP contribution in [0.3, 0.4) is 0 Å². The minimum atomic E-state index is 0.601. The van der Waals surface area contributed by atoms with Crippen molar-refractivity contribution in [2.75, 3.05) is 18.8 Å². The van der Waals surface area contributed by atoms with Crippen LogP contribution in [-0.2, 0) is 0 Å². The molecule has 1 aromatic heterocycles. The van der Waals surface area contributed by atoms with E-state index in [1.807, 2.05) is 6.07 Å². The van der Waals surface area contributed by atoms with Gasteiger partial charge in [-0.1, -0.05) is 29.8 Å². The minimum absolute atomic E-state index is 0.601. The molecule has 98 valence electrons. The number of aryl methyl sites for hydroxylation is 1. The van der Waals surface area contributed by atoms with Gasteiger partial charge in [-0.3, -0.25) is 4.99 Å². The topological polar surface area (TPSA) is 68.2 Å². The van der Waals surface area contributed by atoms with E-state index in [0.29, 0.717) is 5.82 Å². The van der Waals surface area contributed by atoms with Crippen LogP contribution in [0.15, 0.2) is 35.3 Å². The summed E-state index contributed by atoms with van der Waals surface area (Å²) in [6.45, 7) is 3.80. The quantitative estimate of drug-likeness (QED) is 0.814. The van der Waals surface area contributed by atoms with Crippen LogP contribution in [0.25, 0.3) is 11.3 Å². The molecule has 0 radical (unpaired) electrons. The van der Waals surface area contributed by atoms with Crippen LogP contribution in [0.2, 0.25) is 0 Å². The van der Waals surface area contributed by atoms with Crippen LogP contribution < -0.4 is 11.1 Å². The lowest BCUT2D eigenvalue weighted by Crippen LogP contribution is -2.36. The van der Waals surface area contributed by atoms with E-state index in [0.717, 1.165) is 36.7 Å². The number of anilines is 1. The predicted octanol–water partition coefficient (Wildman–Crippen LogP) is 1.64. The number of rotatable bonds is 1. The highest BCUT2D eigenvalue weighted by atomic mass is 15.4. The molecule has 0 unspecified atom stereocenters. The van der Waals surface area contributed by atoms with Gasteiger partial charge < -0.3 is 11.1 Å². The molecular weight excluding hydrogens is 238 g/mol. The zero-order valence-corrected chi connectivity index (χ0v) is 10.9. The van der Waals surface area contributed by atoms with Gasteiger partial charge in [0.1, 0.15) is 5.82 Å². The molecule has 3 rings (SSSR count). The van der Waals surface area contributed by atoms with Crippen molar-refractivity contribution < 1.29 is 0 Å². The summed E-state index contributed by atoms with van der Waals surface area (Å²) >= 11 is 0. The van der Waals surface area contributed by atoms with Crippen LogP contribution in [-0.4, -0.2) is 28.8 Å². The summed E-state index contributed by atoms with van der Waals surface area (Å²) in [7, 11) is 0. The largest absolute Gasteiger partial charge is 0.383 e. The first kappa shape index (κ1) is 11.8. The molecule has 2 heterocycles. The molecule has 1 aliphatic rings. The second-order valence-electron chi connectivity index (χ2n) is 4.72. The molecule has 0 bridgehead atoms. The number of aliphatic imine (C=N–C) groups is 1. The highest BCUT2D eigenvalue weighted by molar-refractivity contribution is 5.85. The highest BCUT2D eigenvalue weighted by Gasteiger charge is 2.13. The van der Waals surface area contributed by atoms with Crippen LogP contribution in [0, 0.1) is 6.92 Å². The highest BCUT2D eigenvalue weighted by Crippen LogP contribution is 2.20. The molecule has 2 aromatic rings. The van der Waals surface area contributed by atoms with E-state index < -0.39 is 0 Å². The SMILES string of the molecule is Cc1ccc(-c2cc(N)n(C3=NCCCN3)n2)cc1. The van der Waals surface area contributed by atoms with Crippen molar-refractivity contribution >= 4 is 11.8 Å². The van der Waals surface area contributed by atoms with Crippen LogP contribution in [0.4, 0.5) is 5.82 Å². The standard InChI is InChI=1S/C14H17N5/c1-10-3-5-11(6-4-10)12-9-13(15)19(18-12)14-16-7-2-8-17-14/h3-6,9H,2,7-8,15H2,1H3,(H,16,17). The van der Waals surface area contributed by atoms with E-state index in [9.17, 15) is 0 Å². The average Bonchev–Trinajstić information content (AvgIpc) is 2.83. The van der Waals surface area contributed by atoms with Crippen LogP contribution in [0.1, 0.15) is 12.0 Å². The Labute approximate surface area is 112 Å².